The quantitative estimate of drug-likeness (QED) is 0.103. The zero-order valence-electron chi connectivity index (χ0n) is 36.1. The largest absolute Gasteiger partial charge is 0.507 e. The van der Waals surface area contributed by atoms with E-state index >= 15 is 4.79 Å². The van der Waals surface area contributed by atoms with Crippen LogP contribution in [0.1, 0.15) is 52.7 Å². The van der Waals surface area contributed by atoms with Crippen molar-refractivity contribution in [2.75, 3.05) is 77.3 Å². The molecule has 2 saturated heterocycles. The Hall–Kier alpha value is -5.93. The monoisotopic (exact) mass is 884 g/mol. The average Bonchev–Trinajstić information content (AvgIpc) is 3.25. The Morgan fingerprint density at radius 1 is 0.578 bits per heavy atom. The Balaban J connectivity index is 1.30. The van der Waals surface area contributed by atoms with Gasteiger partial charge in [0.2, 0.25) is 0 Å². The van der Waals surface area contributed by atoms with E-state index in [0.717, 1.165) is 63.0 Å². The smallest absolute Gasteiger partial charge is 0.419 e. The first kappa shape index (κ1) is 44.7. The minimum atomic E-state index is -4.79. The van der Waals surface area contributed by atoms with Crippen LogP contribution in [-0.2, 0) is 12.4 Å². The summed E-state index contributed by atoms with van der Waals surface area (Å²) in [5, 5.41) is 21.4. The molecule has 0 bridgehead atoms. The zero-order chi connectivity index (χ0) is 45.7. The van der Waals surface area contributed by atoms with Crippen molar-refractivity contribution in [1.29, 1.82) is 0 Å². The first-order valence-corrected chi connectivity index (χ1v) is 21.4. The van der Waals surface area contributed by atoms with Crippen LogP contribution in [-0.4, -0.2) is 103 Å². The number of hydrogen-bond donors (Lipinski definition) is 2. The van der Waals surface area contributed by atoms with Gasteiger partial charge in [-0.15, -0.1) is 0 Å². The molecule has 0 aliphatic carbocycles. The molecule has 15 heteroatoms. The molecule has 64 heavy (non-hydrogen) atoms. The summed E-state index contributed by atoms with van der Waals surface area (Å²) < 4.78 is 83.7. The molecule has 6 aromatic rings. The van der Waals surface area contributed by atoms with Crippen LogP contribution in [0.5, 0.6) is 11.5 Å². The number of rotatable bonds is 10. The van der Waals surface area contributed by atoms with Crippen LogP contribution in [0.2, 0.25) is 0 Å². The van der Waals surface area contributed by atoms with Gasteiger partial charge in [0.15, 0.2) is 5.78 Å². The number of fused-ring (bicyclic) bond motifs is 2. The van der Waals surface area contributed by atoms with Gasteiger partial charge in [-0.2, -0.15) is 26.3 Å². The maximum absolute atomic E-state index is 15.5. The summed E-state index contributed by atoms with van der Waals surface area (Å²) in [6.45, 7) is 4.22. The third kappa shape index (κ3) is 9.18. The lowest BCUT2D eigenvalue weighted by Crippen LogP contribution is -2.38. The molecule has 0 radical (unpaired) electrons. The molecule has 2 aromatic heterocycles. The number of pyridine rings is 2. The number of aromatic hydroxyl groups is 2. The van der Waals surface area contributed by atoms with Gasteiger partial charge in [-0.25, -0.2) is 0 Å². The highest BCUT2D eigenvalue weighted by Crippen LogP contribution is 2.44. The van der Waals surface area contributed by atoms with E-state index in [1.54, 1.807) is 48.8 Å². The molecular formula is C49H50F6N6O3. The van der Waals surface area contributed by atoms with E-state index < -0.39 is 35.0 Å². The number of nitrogens with zero attached hydrogens (tertiary/aromatic N) is 6. The maximum atomic E-state index is 15.5. The number of hydrogen-bond acceptors (Lipinski definition) is 9. The van der Waals surface area contributed by atoms with E-state index in [9.17, 15) is 36.6 Å². The number of anilines is 2. The lowest BCUT2D eigenvalue weighted by atomic mass is 9.91. The van der Waals surface area contributed by atoms with Crippen molar-refractivity contribution in [3.8, 4) is 33.8 Å². The second-order valence-corrected chi connectivity index (χ2v) is 17.7. The summed E-state index contributed by atoms with van der Waals surface area (Å²) in [7, 11) is 8.12. The Bertz CT molecular complexity index is 2520. The van der Waals surface area contributed by atoms with Crippen molar-refractivity contribution in [2.24, 2.45) is 11.8 Å². The summed E-state index contributed by atoms with van der Waals surface area (Å²) in [5.74, 6) is -1.31. The summed E-state index contributed by atoms with van der Waals surface area (Å²) in [6, 6.07) is 17.0. The van der Waals surface area contributed by atoms with Crippen LogP contribution in [0.25, 0.3) is 44.1 Å². The summed E-state index contributed by atoms with van der Waals surface area (Å²) >= 11 is 0. The fourth-order valence-electron chi connectivity index (χ4n) is 9.47. The summed E-state index contributed by atoms with van der Waals surface area (Å²) in [4.78, 5) is 33.6. The van der Waals surface area contributed by atoms with Crippen LogP contribution in [0, 0.1) is 11.8 Å². The lowest BCUT2D eigenvalue weighted by Gasteiger charge is -2.37. The summed E-state index contributed by atoms with van der Waals surface area (Å²) in [5.41, 5.74) is 1.86. The Morgan fingerprint density at radius 2 is 0.922 bits per heavy atom. The number of alkyl halides is 6. The first-order chi connectivity index (χ1) is 30.3. The molecule has 4 heterocycles. The highest BCUT2D eigenvalue weighted by Gasteiger charge is 2.36. The molecule has 336 valence electrons. The fraction of sp³-hybridized carbons (Fsp3) is 0.367. The lowest BCUT2D eigenvalue weighted by molar-refractivity contribution is -0.139. The first-order valence-electron chi connectivity index (χ1n) is 21.4. The SMILES string of the molecule is CN(C)CC1CCN(c2c(C(=O)c3cnc4ccc(-c5ccc(O)c(C(F)(F)F)c5)cc4c3N3CCC(CN(C)C)CC3)cnc3ccc(-c4ccc(O)c(C(F)(F)F)c4)cc23)CC1. The van der Waals surface area contributed by atoms with Gasteiger partial charge in [0.25, 0.3) is 0 Å². The highest BCUT2D eigenvalue weighted by molar-refractivity contribution is 6.21. The van der Waals surface area contributed by atoms with Crippen molar-refractivity contribution < 1.29 is 41.4 Å². The third-order valence-corrected chi connectivity index (χ3v) is 12.5. The van der Waals surface area contributed by atoms with E-state index in [1.807, 2.05) is 28.2 Å². The molecule has 2 fully saturated rings. The molecule has 2 N–H and O–H groups in total. The van der Waals surface area contributed by atoms with Crippen LogP contribution in [0.4, 0.5) is 37.7 Å². The van der Waals surface area contributed by atoms with Crippen molar-refractivity contribution in [3.63, 3.8) is 0 Å². The number of carbonyl (C=O) groups is 1. The number of aromatic nitrogens is 2. The second kappa shape index (κ2) is 17.6. The number of piperidine rings is 2. The van der Waals surface area contributed by atoms with Crippen LogP contribution >= 0.6 is 0 Å². The van der Waals surface area contributed by atoms with E-state index in [2.05, 4.69) is 19.6 Å². The normalized spacial score (nSPS) is 15.9. The minimum absolute atomic E-state index is 0.227. The Labute approximate surface area is 367 Å². The third-order valence-electron chi connectivity index (χ3n) is 12.5. The number of benzene rings is 4. The Morgan fingerprint density at radius 3 is 1.27 bits per heavy atom. The van der Waals surface area contributed by atoms with Crippen LogP contribution in [0.3, 0.4) is 0 Å². The van der Waals surface area contributed by atoms with Crippen molar-refractivity contribution in [1.82, 2.24) is 19.8 Å². The van der Waals surface area contributed by atoms with Gasteiger partial charge in [-0.05, 0) is 136 Å². The number of halogens is 6. The molecular weight excluding hydrogens is 835 g/mol. The number of carbonyl (C=O) groups excluding carboxylic acids is 1. The highest BCUT2D eigenvalue weighted by atomic mass is 19.4. The van der Waals surface area contributed by atoms with Gasteiger partial charge in [-0.3, -0.25) is 14.8 Å². The molecule has 0 spiro atoms. The van der Waals surface area contributed by atoms with E-state index in [4.69, 9.17) is 9.97 Å². The van der Waals surface area contributed by atoms with Gasteiger partial charge in [0.1, 0.15) is 11.5 Å². The molecule has 2 aliphatic heterocycles. The topological polar surface area (TPSA) is 96.3 Å². The molecule has 0 atom stereocenters. The van der Waals surface area contributed by atoms with Crippen LogP contribution in [0.15, 0.2) is 85.2 Å². The van der Waals surface area contributed by atoms with E-state index in [-0.39, 0.29) is 28.0 Å². The predicted octanol–water partition coefficient (Wildman–Crippen LogP) is 10.4. The standard InChI is InChI=1S/C49H50F6N6O3/c1-58(2)27-29-13-17-60(18-14-29)45-35-21-31(33-7-11-43(62)39(23-33)48(50,51)52)5-9-41(35)56-25-37(45)47(64)38-26-57-42-10-6-32(34-8-12-44(63)40(24-34)49(53,54)55)22-36(42)46(38)61-19-15-30(16-20-61)28-59(3)4/h5-12,21-26,29-30,62-63H,13-20,27-28H2,1-4H3. The van der Waals surface area contributed by atoms with Gasteiger partial charge in [-0.1, -0.05) is 24.3 Å². The molecule has 0 unspecified atom stereocenters. The summed E-state index contributed by atoms with van der Waals surface area (Å²) in [6.07, 6.45) is -3.13. The second-order valence-electron chi connectivity index (χ2n) is 17.7. The molecule has 4 aromatic carbocycles. The molecule has 8 rings (SSSR count). The van der Waals surface area contributed by atoms with E-state index in [0.29, 0.717) is 82.3 Å². The minimum Gasteiger partial charge on any atom is -0.507 e. The number of phenols is 2. The van der Waals surface area contributed by atoms with Gasteiger partial charge in [0, 0.05) is 62.4 Å². The van der Waals surface area contributed by atoms with Gasteiger partial charge < -0.3 is 29.8 Å². The van der Waals surface area contributed by atoms with Crippen molar-refractivity contribution in [2.45, 2.75) is 38.0 Å². The average molecular weight is 885 g/mol. The van der Waals surface area contributed by atoms with Crippen LogP contribution < -0.4 is 9.80 Å². The van der Waals surface area contributed by atoms with Crippen molar-refractivity contribution >= 4 is 39.0 Å². The molecule has 0 saturated carbocycles. The number of ketones is 1. The number of phenolic OH excluding ortho intramolecular Hbond substituents is 2. The van der Waals surface area contributed by atoms with Gasteiger partial charge in [0.05, 0.1) is 44.7 Å². The van der Waals surface area contributed by atoms with Crippen molar-refractivity contribution in [3.05, 3.63) is 107 Å². The molecule has 9 nitrogen and oxygen atoms in total. The Kier molecular flexibility index (Phi) is 12.3. The fourth-order valence-corrected chi connectivity index (χ4v) is 9.47. The predicted molar refractivity (Wildman–Crippen MR) is 238 cm³/mol. The van der Waals surface area contributed by atoms with Gasteiger partial charge >= 0.3 is 12.4 Å². The maximum Gasteiger partial charge on any atom is 0.419 e. The van der Waals surface area contributed by atoms with E-state index in [1.165, 1.54) is 12.1 Å². The zero-order valence-corrected chi connectivity index (χ0v) is 36.1. The molecule has 2 aliphatic rings. The molecule has 0 amide bonds.